The molecule has 3 aromatic rings. The number of rotatable bonds is 5. The molecule has 30 heavy (non-hydrogen) atoms. The second-order valence-corrected chi connectivity index (χ2v) is 8.44. The molecule has 1 N–H and O–H groups in total. The molecule has 4 nitrogen and oxygen atoms in total. The molecule has 1 aliphatic heterocycles. The minimum Gasteiger partial charge on any atom is -0.395 e. The number of aliphatic hydroxyl groups excluding tert-OH is 1. The minimum absolute atomic E-state index is 0. The minimum atomic E-state index is 0. The molecule has 2 aromatic carbocycles. The zero-order valence-corrected chi connectivity index (χ0v) is 20.3. The summed E-state index contributed by atoms with van der Waals surface area (Å²) in [5.41, 5.74) is 5.95. The number of imidazole rings is 1. The van der Waals surface area contributed by atoms with E-state index in [1.54, 1.807) is 0 Å². The number of aryl methyl sites for hydroxylation is 2. The zero-order chi connectivity index (χ0) is 19.8. The molecule has 0 bridgehead atoms. The van der Waals surface area contributed by atoms with E-state index in [9.17, 15) is 5.11 Å². The van der Waals surface area contributed by atoms with Gasteiger partial charge in [-0.1, -0.05) is 23.7 Å². The first kappa shape index (κ1) is 25.0. The summed E-state index contributed by atoms with van der Waals surface area (Å²) in [6.45, 7) is 8.48. The van der Waals surface area contributed by atoms with E-state index in [1.165, 1.54) is 22.2 Å². The summed E-state index contributed by atoms with van der Waals surface area (Å²) >= 11 is 6.08. The van der Waals surface area contributed by atoms with E-state index in [1.807, 2.05) is 12.1 Å². The lowest BCUT2D eigenvalue weighted by atomic mass is 10.1. The van der Waals surface area contributed by atoms with Crippen LogP contribution in [-0.4, -0.2) is 38.8 Å². The Morgan fingerprint density at radius 2 is 1.83 bits per heavy atom. The second-order valence-electron chi connectivity index (χ2n) is 8.00. The fourth-order valence-corrected chi connectivity index (χ4v) is 4.49. The Morgan fingerprint density at radius 1 is 1.17 bits per heavy atom. The summed E-state index contributed by atoms with van der Waals surface area (Å²) in [5, 5.41) is 10.5. The highest BCUT2D eigenvalue weighted by molar-refractivity contribution is 7.59. The van der Waals surface area contributed by atoms with Gasteiger partial charge in [0.15, 0.2) is 0 Å². The number of aromatic nitrogens is 2. The Bertz CT molecular complexity index is 990. The molecule has 0 radical (unpaired) electrons. The highest BCUT2D eigenvalue weighted by Crippen LogP contribution is 2.32. The SMILES string of the molecule is Cc1cc2nc([C@H](C)N3CCC[C@@H]3CO)n(Cc3ccc(Cl)cc3)c2cc1C.Cl.S. The van der Waals surface area contributed by atoms with E-state index in [-0.39, 0.29) is 44.6 Å². The van der Waals surface area contributed by atoms with Crippen molar-refractivity contribution in [2.24, 2.45) is 0 Å². The smallest absolute Gasteiger partial charge is 0.127 e. The topological polar surface area (TPSA) is 41.3 Å². The van der Waals surface area contributed by atoms with Crippen molar-refractivity contribution in [1.29, 1.82) is 0 Å². The molecule has 0 spiro atoms. The predicted octanol–water partition coefficient (Wildman–Crippen LogP) is 5.41. The van der Waals surface area contributed by atoms with E-state index < -0.39 is 0 Å². The molecule has 4 rings (SSSR count). The number of benzene rings is 2. The van der Waals surface area contributed by atoms with Crippen LogP contribution in [0.15, 0.2) is 36.4 Å². The van der Waals surface area contributed by atoms with Crippen molar-refractivity contribution < 1.29 is 5.11 Å². The van der Waals surface area contributed by atoms with Gasteiger partial charge >= 0.3 is 0 Å². The van der Waals surface area contributed by atoms with Gasteiger partial charge in [0, 0.05) is 17.6 Å². The number of nitrogens with zero attached hydrogens (tertiary/aromatic N) is 3. The molecule has 0 amide bonds. The van der Waals surface area contributed by atoms with Crippen LogP contribution in [0.3, 0.4) is 0 Å². The van der Waals surface area contributed by atoms with Crippen LogP contribution in [0.1, 0.15) is 48.3 Å². The van der Waals surface area contributed by atoms with Gasteiger partial charge in [-0.15, -0.1) is 12.4 Å². The third-order valence-electron chi connectivity index (χ3n) is 6.15. The Kier molecular flexibility index (Phi) is 8.66. The molecular formula is C23H31Cl2N3OS. The highest BCUT2D eigenvalue weighted by Gasteiger charge is 2.31. The first-order valence-electron chi connectivity index (χ1n) is 10.1. The maximum atomic E-state index is 9.79. The molecule has 1 aliphatic rings. The molecule has 2 heterocycles. The summed E-state index contributed by atoms with van der Waals surface area (Å²) < 4.78 is 2.34. The van der Waals surface area contributed by atoms with Gasteiger partial charge in [-0.05, 0) is 81.1 Å². The Balaban J connectivity index is 0.00000160. The van der Waals surface area contributed by atoms with Gasteiger partial charge in [0.25, 0.3) is 0 Å². The summed E-state index contributed by atoms with van der Waals surface area (Å²) in [4.78, 5) is 7.46. The van der Waals surface area contributed by atoms with Crippen LogP contribution in [0.4, 0.5) is 0 Å². The number of aliphatic hydroxyl groups is 1. The third-order valence-corrected chi connectivity index (χ3v) is 6.40. The molecule has 1 saturated heterocycles. The van der Waals surface area contributed by atoms with Crippen molar-refractivity contribution in [3.05, 3.63) is 63.9 Å². The van der Waals surface area contributed by atoms with E-state index in [4.69, 9.17) is 16.6 Å². The lowest BCUT2D eigenvalue weighted by Gasteiger charge is -2.29. The maximum absolute atomic E-state index is 9.79. The van der Waals surface area contributed by atoms with Gasteiger partial charge in [-0.2, -0.15) is 13.5 Å². The molecule has 0 saturated carbocycles. The standard InChI is InChI=1S/C23H28ClN3O.ClH.H2S/c1-15-11-21-22(12-16(15)2)27(13-18-6-8-19(24)9-7-18)23(25-21)17(3)26-10-4-5-20(26)14-28;;/h6-9,11-12,17,20,28H,4-5,10,13-14H2,1-3H3;1H;1H2/t17-,20+;;/m0../s1. The van der Waals surface area contributed by atoms with Crippen LogP contribution in [0.25, 0.3) is 11.0 Å². The summed E-state index contributed by atoms with van der Waals surface area (Å²) in [7, 11) is 0. The van der Waals surface area contributed by atoms with E-state index >= 15 is 0 Å². The van der Waals surface area contributed by atoms with Crippen LogP contribution in [0.2, 0.25) is 5.02 Å². The van der Waals surface area contributed by atoms with Gasteiger partial charge in [0.2, 0.25) is 0 Å². The summed E-state index contributed by atoms with van der Waals surface area (Å²) in [5.74, 6) is 1.07. The molecular weight excluding hydrogens is 437 g/mol. The van der Waals surface area contributed by atoms with Gasteiger partial charge in [-0.3, -0.25) is 4.90 Å². The van der Waals surface area contributed by atoms with Crippen LogP contribution in [0, 0.1) is 13.8 Å². The van der Waals surface area contributed by atoms with E-state index in [0.29, 0.717) is 0 Å². The largest absolute Gasteiger partial charge is 0.395 e. The molecule has 1 fully saturated rings. The molecule has 164 valence electrons. The van der Waals surface area contributed by atoms with Gasteiger partial charge in [-0.25, -0.2) is 4.98 Å². The molecule has 0 aliphatic carbocycles. The Morgan fingerprint density at radius 3 is 2.50 bits per heavy atom. The zero-order valence-electron chi connectivity index (χ0n) is 17.7. The normalized spacial score (nSPS) is 17.6. The first-order chi connectivity index (χ1) is 13.5. The number of fused-ring (bicyclic) bond motifs is 1. The first-order valence-corrected chi connectivity index (χ1v) is 10.4. The molecule has 7 heteroatoms. The average Bonchev–Trinajstić information content (AvgIpc) is 3.29. The number of hydrogen-bond donors (Lipinski definition) is 1. The van der Waals surface area contributed by atoms with E-state index in [0.717, 1.165) is 42.3 Å². The molecule has 0 unspecified atom stereocenters. The van der Waals surface area contributed by atoms with Gasteiger partial charge in [0.1, 0.15) is 5.82 Å². The van der Waals surface area contributed by atoms with Crippen molar-refractivity contribution >= 4 is 48.5 Å². The van der Waals surface area contributed by atoms with Crippen molar-refractivity contribution in [2.45, 2.75) is 52.2 Å². The quantitative estimate of drug-likeness (QED) is 0.545. The molecule has 1 aromatic heterocycles. The van der Waals surface area contributed by atoms with Crippen LogP contribution in [-0.2, 0) is 6.54 Å². The van der Waals surface area contributed by atoms with Crippen LogP contribution in [0.5, 0.6) is 0 Å². The van der Waals surface area contributed by atoms with Crippen LogP contribution >= 0.6 is 37.5 Å². The van der Waals surface area contributed by atoms with Crippen LogP contribution < -0.4 is 0 Å². The fraction of sp³-hybridized carbons (Fsp3) is 0.435. The van der Waals surface area contributed by atoms with Crippen molar-refractivity contribution in [3.63, 3.8) is 0 Å². The number of hydrogen-bond acceptors (Lipinski definition) is 3. The maximum Gasteiger partial charge on any atom is 0.127 e. The predicted molar refractivity (Wildman–Crippen MR) is 133 cm³/mol. The lowest BCUT2D eigenvalue weighted by molar-refractivity contribution is 0.121. The third kappa shape index (κ3) is 4.81. The van der Waals surface area contributed by atoms with Crippen molar-refractivity contribution in [1.82, 2.24) is 14.5 Å². The summed E-state index contributed by atoms with van der Waals surface area (Å²) in [6.07, 6.45) is 2.18. The monoisotopic (exact) mass is 467 g/mol. The molecule has 2 atom stereocenters. The van der Waals surface area contributed by atoms with Crippen molar-refractivity contribution in [2.75, 3.05) is 13.2 Å². The van der Waals surface area contributed by atoms with Crippen molar-refractivity contribution in [3.8, 4) is 0 Å². The Hall–Kier alpha value is -1.24. The highest BCUT2D eigenvalue weighted by atomic mass is 35.5. The van der Waals surface area contributed by atoms with Gasteiger partial charge < -0.3 is 9.67 Å². The lowest BCUT2D eigenvalue weighted by Crippen LogP contribution is -2.35. The second kappa shape index (κ2) is 10.4. The van der Waals surface area contributed by atoms with E-state index in [2.05, 4.69) is 54.5 Å². The average molecular weight is 468 g/mol. The number of likely N-dealkylation sites (tertiary alicyclic amines) is 1. The number of halogens is 2. The van der Waals surface area contributed by atoms with Gasteiger partial charge in [0.05, 0.1) is 23.7 Å². The fourth-order valence-electron chi connectivity index (χ4n) is 4.37. The Labute approximate surface area is 197 Å². The summed E-state index contributed by atoms with van der Waals surface area (Å²) in [6, 6.07) is 12.9.